The second-order valence-electron chi connectivity index (χ2n) is 4.25. The minimum absolute atomic E-state index is 0.707. The van der Waals surface area contributed by atoms with Crippen molar-refractivity contribution in [2.24, 2.45) is 0 Å². The molecule has 0 fully saturated rings. The highest BCUT2D eigenvalue weighted by molar-refractivity contribution is 5.00. The molecule has 0 bridgehead atoms. The zero-order chi connectivity index (χ0) is 11.0. The Bertz CT molecular complexity index is 189. The third-order valence-electron chi connectivity index (χ3n) is 2.51. The van der Waals surface area contributed by atoms with Crippen molar-refractivity contribution in [3.8, 4) is 0 Å². The van der Waals surface area contributed by atoms with Crippen LogP contribution in [-0.4, -0.2) is 10.7 Å². The zero-order valence-electron chi connectivity index (χ0n) is 9.84. The number of aliphatic hydroxyl groups is 1. The average molecular weight is 196 g/mol. The van der Waals surface area contributed by atoms with E-state index in [-0.39, 0.29) is 0 Å². The molecule has 0 aliphatic rings. The third kappa shape index (κ3) is 6.90. The molecule has 1 atom stereocenters. The Labute approximate surface area is 88.5 Å². The fraction of sp³-hybridized carbons (Fsp3) is 0.692. The molecule has 0 amide bonds. The van der Waals surface area contributed by atoms with Crippen LogP contribution in [0.3, 0.4) is 0 Å². The van der Waals surface area contributed by atoms with Gasteiger partial charge >= 0.3 is 0 Å². The van der Waals surface area contributed by atoms with E-state index in [4.69, 9.17) is 0 Å². The van der Waals surface area contributed by atoms with Crippen molar-refractivity contribution < 1.29 is 5.11 Å². The van der Waals surface area contributed by atoms with Crippen LogP contribution in [0, 0.1) is 0 Å². The number of unbranched alkanes of at least 4 members (excludes halogenated alkanes) is 1. The van der Waals surface area contributed by atoms with Crippen molar-refractivity contribution in [1.82, 2.24) is 0 Å². The first kappa shape index (κ1) is 13.4. The Kier molecular flexibility index (Phi) is 6.56. The topological polar surface area (TPSA) is 20.2 Å². The molecule has 1 unspecified atom stereocenters. The predicted molar refractivity (Wildman–Crippen MR) is 63.3 cm³/mol. The van der Waals surface area contributed by atoms with Crippen LogP contribution in [0.4, 0.5) is 0 Å². The molecule has 0 saturated heterocycles. The van der Waals surface area contributed by atoms with Gasteiger partial charge in [-0.15, -0.1) is 6.58 Å². The maximum absolute atomic E-state index is 9.66. The van der Waals surface area contributed by atoms with Crippen molar-refractivity contribution in [2.45, 2.75) is 58.5 Å². The van der Waals surface area contributed by atoms with E-state index in [1.807, 2.05) is 0 Å². The summed E-state index contributed by atoms with van der Waals surface area (Å²) in [6.07, 6.45) is 9.24. The standard InChI is InChI=1S/C13H24O/c1-5-7-9-12(3)10-8-11-13(4,14)6-2/h6,10,14H,2,5,7-9,11H2,1,3-4H3/b12-10+. The number of rotatable bonds is 7. The van der Waals surface area contributed by atoms with Crippen LogP contribution in [0.5, 0.6) is 0 Å². The molecule has 0 aromatic carbocycles. The molecule has 14 heavy (non-hydrogen) atoms. The van der Waals surface area contributed by atoms with Gasteiger partial charge < -0.3 is 5.11 Å². The van der Waals surface area contributed by atoms with Crippen molar-refractivity contribution in [1.29, 1.82) is 0 Å². The molecular weight excluding hydrogens is 172 g/mol. The monoisotopic (exact) mass is 196 g/mol. The van der Waals surface area contributed by atoms with Gasteiger partial charge in [-0.1, -0.05) is 31.1 Å². The Hall–Kier alpha value is -0.560. The Morgan fingerprint density at radius 1 is 1.50 bits per heavy atom. The molecule has 0 aliphatic heterocycles. The summed E-state index contributed by atoms with van der Waals surface area (Å²) in [5.41, 5.74) is 0.730. The van der Waals surface area contributed by atoms with Crippen LogP contribution in [0.1, 0.15) is 52.9 Å². The first-order chi connectivity index (χ1) is 6.52. The molecule has 0 aromatic heterocycles. The van der Waals surface area contributed by atoms with Gasteiger partial charge in [0.15, 0.2) is 0 Å². The van der Waals surface area contributed by atoms with Crippen LogP contribution in [-0.2, 0) is 0 Å². The van der Waals surface area contributed by atoms with Gasteiger partial charge in [-0.25, -0.2) is 0 Å². The normalized spacial score (nSPS) is 16.4. The fourth-order valence-corrected chi connectivity index (χ4v) is 1.27. The van der Waals surface area contributed by atoms with Crippen molar-refractivity contribution in [3.05, 3.63) is 24.3 Å². The molecule has 1 nitrogen and oxygen atoms in total. The Balaban J connectivity index is 3.75. The minimum Gasteiger partial charge on any atom is -0.386 e. The first-order valence-corrected chi connectivity index (χ1v) is 5.53. The maximum Gasteiger partial charge on any atom is 0.0800 e. The summed E-state index contributed by atoms with van der Waals surface area (Å²) < 4.78 is 0. The van der Waals surface area contributed by atoms with Gasteiger partial charge in [-0.05, 0) is 39.5 Å². The van der Waals surface area contributed by atoms with E-state index in [0.29, 0.717) is 0 Å². The summed E-state index contributed by atoms with van der Waals surface area (Å²) in [5, 5.41) is 9.66. The van der Waals surface area contributed by atoms with Crippen molar-refractivity contribution in [2.75, 3.05) is 0 Å². The molecule has 1 heteroatoms. The van der Waals surface area contributed by atoms with E-state index >= 15 is 0 Å². The summed E-state index contributed by atoms with van der Waals surface area (Å²) >= 11 is 0. The Morgan fingerprint density at radius 2 is 2.14 bits per heavy atom. The summed E-state index contributed by atoms with van der Waals surface area (Å²) in [6.45, 7) is 9.78. The second kappa shape index (κ2) is 6.83. The molecular formula is C13H24O. The summed E-state index contributed by atoms with van der Waals surface area (Å²) in [7, 11) is 0. The lowest BCUT2D eigenvalue weighted by Crippen LogP contribution is -2.19. The maximum atomic E-state index is 9.66. The predicted octanol–water partition coefficient (Wildman–Crippen LogP) is 3.84. The molecule has 0 radical (unpaired) electrons. The molecule has 82 valence electrons. The van der Waals surface area contributed by atoms with Gasteiger partial charge in [-0.3, -0.25) is 0 Å². The van der Waals surface area contributed by atoms with E-state index < -0.39 is 5.60 Å². The molecule has 1 N–H and O–H groups in total. The average Bonchev–Trinajstić information content (AvgIpc) is 2.14. The van der Waals surface area contributed by atoms with Gasteiger partial charge in [0.05, 0.1) is 5.60 Å². The molecule has 0 rings (SSSR count). The molecule has 0 spiro atoms. The number of hydrogen-bond donors (Lipinski definition) is 1. The van der Waals surface area contributed by atoms with E-state index in [1.165, 1.54) is 24.8 Å². The third-order valence-corrected chi connectivity index (χ3v) is 2.51. The lowest BCUT2D eigenvalue weighted by molar-refractivity contribution is 0.103. The molecule has 0 aromatic rings. The summed E-state index contributed by atoms with van der Waals surface area (Å²) in [4.78, 5) is 0. The van der Waals surface area contributed by atoms with Gasteiger partial charge in [0, 0.05) is 0 Å². The first-order valence-electron chi connectivity index (χ1n) is 5.53. The highest BCUT2D eigenvalue weighted by Gasteiger charge is 2.12. The highest BCUT2D eigenvalue weighted by Crippen LogP contribution is 2.15. The SMILES string of the molecule is C=CC(C)(O)CC/C=C(\C)CCCC. The van der Waals surface area contributed by atoms with E-state index in [0.717, 1.165) is 12.8 Å². The quantitative estimate of drug-likeness (QED) is 0.613. The Morgan fingerprint density at radius 3 is 2.64 bits per heavy atom. The van der Waals surface area contributed by atoms with Gasteiger partial charge in [0.2, 0.25) is 0 Å². The van der Waals surface area contributed by atoms with Crippen LogP contribution in [0.15, 0.2) is 24.3 Å². The fourth-order valence-electron chi connectivity index (χ4n) is 1.27. The van der Waals surface area contributed by atoms with Crippen LogP contribution in [0.25, 0.3) is 0 Å². The smallest absolute Gasteiger partial charge is 0.0800 e. The zero-order valence-corrected chi connectivity index (χ0v) is 9.84. The van der Waals surface area contributed by atoms with Gasteiger partial charge in [-0.2, -0.15) is 0 Å². The molecule has 0 heterocycles. The lowest BCUT2D eigenvalue weighted by Gasteiger charge is -2.16. The molecule has 0 aliphatic carbocycles. The van der Waals surface area contributed by atoms with Crippen molar-refractivity contribution >= 4 is 0 Å². The van der Waals surface area contributed by atoms with E-state index in [9.17, 15) is 5.11 Å². The van der Waals surface area contributed by atoms with E-state index in [2.05, 4.69) is 26.5 Å². The lowest BCUT2D eigenvalue weighted by atomic mass is 9.99. The highest BCUT2D eigenvalue weighted by atomic mass is 16.3. The second-order valence-corrected chi connectivity index (χ2v) is 4.25. The molecule has 0 saturated carbocycles. The van der Waals surface area contributed by atoms with Crippen molar-refractivity contribution in [3.63, 3.8) is 0 Å². The minimum atomic E-state index is -0.707. The number of hydrogen-bond acceptors (Lipinski definition) is 1. The van der Waals surface area contributed by atoms with Crippen LogP contribution < -0.4 is 0 Å². The summed E-state index contributed by atoms with van der Waals surface area (Å²) in [6, 6.07) is 0. The number of allylic oxidation sites excluding steroid dienone is 2. The summed E-state index contributed by atoms with van der Waals surface area (Å²) in [5.74, 6) is 0. The van der Waals surface area contributed by atoms with Crippen LogP contribution >= 0.6 is 0 Å². The largest absolute Gasteiger partial charge is 0.386 e. The van der Waals surface area contributed by atoms with Gasteiger partial charge in [0.25, 0.3) is 0 Å². The van der Waals surface area contributed by atoms with Gasteiger partial charge in [0.1, 0.15) is 0 Å². The van der Waals surface area contributed by atoms with E-state index in [1.54, 1.807) is 13.0 Å². The van der Waals surface area contributed by atoms with Crippen LogP contribution in [0.2, 0.25) is 0 Å².